The Morgan fingerprint density at radius 2 is 2.14 bits per heavy atom. The van der Waals surface area contributed by atoms with Crippen LogP contribution in [0.4, 0.5) is 0 Å². The number of nitrogens with zero attached hydrogens (tertiary/aromatic N) is 1. The molecule has 2 rings (SSSR count). The number of carbonyl (C=O) groups excluding carboxylic acids is 2. The van der Waals surface area contributed by atoms with Crippen LogP contribution in [0.25, 0.3) is 0 Å². The van der Waals surface area contributed by atoms with Gasteiger partial charge in [0, 0.05) is 6.54 Å². The standard InChI is InChI=1S/C14H17BrN2O4S/c1-8(16-12(18)10-5-6-11(15)22-10)13(19)17-7-3-2-4-9(17)14(20)21/h5-6,8-9H,2-4,7H2,1H3,(H,16,18)(H,20,21)/t8-,9-/m1/s1. The monoisotopic (exact) mass is 388 g/mol. The van der Waals surface area contributed by atoms with Crippen molar-refractivity contribution in [1.29, 1.82) is 0 Å². The van der Waals surface area contributed by atoms with Gasteiger partial charge in [-0.3, -0.25) is 9.59 Å². The molecule has 6 nitrogen and oxygen atoms in total. The number of hydrogen-bond donors (Lipinski definition) is 2. The Kier molecular flexibility index (Phi) is 5.57. The van der Waals surface area contributed by atoms with Gasteiger partial charge in [-0.15, -0.1) is 11.3 Å². The summed E-state index contributed by atoms with van der Waals surface area (Å²) in [6.07, 6.45) is 2.04. The molecule has 0 aromatic carbocycles. The van der Waals surface area contributed by atoms with Crippen molar-refractivity contribution in [2.75, 3.05) is 6.54 Å². The van der Waals surface area contributed by atoms with E-state index in [2.05, 4.69) is 21.2 Å². The molecule has 0 spiro atoms. The minimum atomic E-state index is -0.992. The summed E-state index contributed by atoms with van der Waals surface area (Å²) in [5.74, 6) is -1.68. The summed E-state index contributed by atoms with van der Waals surface area (Å²) >= 11 is 4.56. The average molecular weight is 389 g/mol. The van der Waals surface area contributed by atoms with E-state index in [0.29, 0.717) is 17.8 Å². The van der Waals surface area contributed by atoms with Crippen LogP contribution in [-0.4, -0.2) is 46.4 Å². The van der Waals surface area contributed by atoms with Gasteiger partial charge < -0.3 is 15.3 Å². The molecule has 1 aromatic rings. The van der Waals surface area contributed by atoms with Crippen LogP contribution >= 0.6 is 27.3 Å². The number of hydrogen-bond acceptors (Lipinski definition) is 4. The highest BCUT2D eigenvalue weighted by Crippen LogP contribution is 2.22. The van der Waals surface area contributed by atoms with Crippen molar-refractivity contribution in [2.45, 2.75) is 38.3 Å². The van der Waals surface area contributed by atoms with E-state index >= 15 is 0 Å². The molecule has 1 aliphatic rings. The molecule has 0 aliphatic carbocycles. The predicted molar refractivity (Wildman–Crippen MR) is 85.9 cm³/mol. The number of piperidine rings is 1. The number of rotatable bonds is 4. The highest BCUT2D eigenvalue weighted by atomic mass is 79.9. The normalized spacial score (nSPS) is 19.5. The van der Waals surface area contributed by atoms with Gasteiger partial charge in [-0.1, -0.05) is 0 Å². The van der Waals surface area contributed by atoms with Gasteiger partial charge in [0.2, 0.25) is 5.91 Å². The molecule has 1 aromatic heterocycles. The fourth-order valence-electron chi connectivity index (χ4n) is 2.47. The van der Waals surface area contributed by atoms with Gasteiger partial charge in [-0.05, 0) is 54.2 Å². The van der Waals surface area contributed by atoms with Crippen LogP contribution in [0, 0.1) is 0 Å². The van der Waals surface area contributed by atoms with Gasteiger partial charge in [-0.2, -0.15) is 0 Å². The zero-order valence-corrected chi connectivity index (χ0v) is 14.4. The number of amides is 2. The summed E-state index contributed by atoms with van der Waals surface area (Å²) in [4.78, 5) is 37.6. The molecule has 8 heteroatoms. The van der Waals surface area contributed by atoms with E-state index in [4.69, 9.17) is 0 Å². The van der Waals surface area contributed by atoms with Crippen molar-refractivity contribution in [3.8, 4) is 0 Å². The van der Waals surface area contributed by atoms with Gasteiger partial charge >= 0.3 is 5.97 Å². The first kappa shape index (κ1) is 17.0. The highest BCUT2D eigenvalue weighted by Gasteiger charge is 2.34. The van der Waals surface area contributed by atoms with E-state index in [1.165, 1.54) is 16.2 Å². The zero-order valence-electron chi connectivity index (χ0n) is 12.0. The lowest BCUT2D eigenvalue weighted by Crippen LogP contribution is -2.54. The second kappa shape index (κ2) is 7.23. The first-order chi connectivity index (χ1) is 10.4. The van der Waals surface area contributed by atoms with E-state index < -0.39 is 18.1 Å². The molecule has 2 heterocycles. The van der Waals surface area contributed by atoms with E-state index in [9.17, 15) is 19.5 Å². The van der Waals surface area contributed by atoms with E-state index in [1.54, 1.807) is 19.1 Å². The number of halogens is 1. The van der Waals surface area contributed by atoms with Crippen molar-refractivity contribution in [3.05, 3.63) is 20.8 Å². The van der Waals surface area contributed by atoms with Crippen LogP contribution in [0.3, 0.4) is 0 Å². The quantitative estimate of drug-likeness (QED) is 0.826. The molecule has 0 radical (unpaired) electrons. The van der Waals surface area contributed by atoms with Crippen molar-refractivity contribution in [1.82, 2.24) is 10.2 Å². The number of aliphatic carboxylic acids is 1. The summed E-state index contributed by atoms with van der Waals surface area (Å²) < 4.78 is 0.832. The fraction of sp³-hybridized carbons (Fsp3) is 0.500. The minimum Gasteiger partial charge on any atom is -0.480 e. The average Bonchev–Trinajstić information content (AvgIpc) is 2.93. The number of thiophene rings is 1. The molecular weight excluding hydrogens is 372 g/mol. The lowest BCUT2D eigenvalue weighted by Gasteiger charge is -2.34. The second-order valence-corrected chi connectivity index (χ2v) is 7.64. The SMILES string of the molecule is C[C@@H](NC(=O)c1ccc(Br)s1)C(=O)N1CCCC[C@@H]1C(=O)O. The van der Waals surface area contributed by atoms with Crippen molar-refractivity contribution < 1.29 is 19.5 Å². The van der Waals surface area contributed by atoms with E-state index in [-0.39, 0.29) is 11.8 Å². The first-order valence-electron chi connectivity index (χ1n) is 6.99. The number of nitrogens with one attached hydrogen (secondary N) is 1. The van der Waals surface area contributed by atoms with Crippen molar-refractivity contribution >= 4 is 45.1 Å². The summed E-state index contributed by atoms with van der Waals surface area (Å²) in [5.41, 5.74) is 0. The number of carboxylic acid groups (broad SMARTS) is 1. The van der Waals surface area contributed by atoms with Crippen LogP contribution in [0.5, 0.6) is 0 Å². The molecule has 0 saturated carbocycles. The smallest absolute Gasteiger partial charge is 0.326 e. The Labute approximate surface area is 140 Å². The topological polar surface area (TPSA) is 86.7 Å². The van der Waals surface area contributed by atoms with Crippen molar-refractivity contribution in [3.63, 3.8) is 0 Å². The van der Waals surface area contributed by atoms with Gasteiger partial charge in [0.1, 0.15) is 12.1 Å². The Morgan fingerprint density at radius 1 is 1.41 bits per heavy atom. The lowest BCUT2D eigenvalue weighted by atomic mass is 10.0. The van der Waals surface area contributed by atoms with Gasteiger partial charge in [-0.25, -0.2) is 4.79 Å². The van der Waals surface area contributed by atoms with Crippen LogP contribution in [0.2, 0.25) is 0 Å². The molecular formula is C14H17BrN2O4S. The molecule has 1 saturated heterocycles. The van der Waals surface area contributed by atoms with Crippen LogP contribution in [-0.2, 0) is 9.59 Å². The second-order valence-electron chi connectivity index (χ2n) is 5.18. The summed E-state index contributed by atoms with van der Waals surface area (Å²) in [6, 6.07) is 1.88. The van der Waals surface area contributed by atoms with Gasteiger partial charge in [0.25, 0.3) is 5.91 Å². The maximum atomic E-state index is 12.4. The maximum Gasteiger partial charge on any atom is 0.326 e. The third-order valence-corrected chi connectivity index (χ3v) is 5.21. The molecule has 2 N–H and O–H groups in total. The first-order valence-corrected chi connectivity index (χ1v) is 8.60. The van der Waals surface area contributed by atoms with Crippen molar-refractivity contribution in [2.24, 2.45) is 0 Å². The van der Waals surface area contributed by atoms with Gasteiger partial charge in [0.05, 0.1) is 8.66 Å². The predicted octanol–water partition coefficient (Wildman–Crippen LogP) is 2.09. The summed E-state index contributed by atoms with van der Waals surface area (Å²) in [5, 5.41) is 11.8. The van der Waals surface area contributed by atoms with Crippen LogP contribution < -0.4 is 5.32 Å². The molecule has 2 amide bonds. The fourth-order valence-corrected chi connectivity index (χ4v) is 3.76. The largest absolute Gasteiger partial charge is 0.480 e. The summed E-state index contributed by atoms with van der Waals surface area (Å²) in [7, 11) is 0. The summed E-state index contributed by atoms with van der Waals surface area (Å²) in [6.45, 7) is 2.00. The molecule has 0 bridgehead atoms. The zero-order chi connectivity index (χ0) is 16.3. The van der Waals surface area contributed by atoms with Gasteiger partial charge in [0.15, 0.2) is 0 Å². The molecule has 120 valence electrons. The Morgan fingerprint density at radius 3 is 2.73 bits per heavy atom. The van der Waals surface area contributed by atoms with E-state index in [1.807, 2.05) is 0 Å². The number of carboxylic acids is 1. The molecule has 1 aliphatic heterocycles. The molecule has 1 fully saturated rings. The Balaban J connectivity index is 2.01. The number of carbonyl (C=O) groups is 3. The van der Waals surface area contributed by atoms with E-state index in [0.717, 1.165) is 16.6 Å². The minimum absolute atomic E-state index is 0.333. The Hall–Kier alpha value is -1.41. The third kappa shape index (κ3) is 3.86. The number of likely N-dealkylation sites (tertiary alicyclic amines) is 1. The lowest BCUT2D eigenvalue weighted by molar-refractivity contribution is -0.152. The maximum absolute atomic E-state index is 12.4. The van der Waals surface area contributed by atoms with Crippen LogP contribution in [0.15, 0.2) is 15.9 Å². The molecule has 2 atom stereocenters. The Bertz CT molecular complexity index is 589. The highest BCUT2D eigenvalue weighted by molar-refractivity contribution is 9.11. The molecule has 0 unspecified atom stereocenters. The molecule has 22 heavy (non-hydrogen) atoms. The van der Waals surface area contributed by atoms with Crippen LogP contribution in [0.1, 0.15) is 35.9 Å². The third-order valence-electron chi connectivity index (χ3n) is 3.59.